The maximum Gasteiger partial charge on any atom is 0.305 e. The molecule has 7 heteroatoms. The predicted molar refractivity (Wildman–Crippen MR) is 74.1 cm³/mol. The van der Waals surface area contributed by atoms with Gasteiger partial charge in [-0.15, -0.1) is 0 Å². The summed E-state index contributed by atoms with van der Waals surface area (Å²) in [7, 11) is 0. The van der Waals surface area contributed by atoms with Crippen LogP contribution in [0, 0.1) is 21.7 Å². The van der Waals surface area contributed by atoms with Crippen molar-refractivity contribution in [1.29, 1.82) is 0 Å². The summed E-state index contributed by atoms with van der Waals surface area (Å²) in [4.78, 5) is 21.8. The largest absolute Gasteiger partial charge is 0.346 e. The average molecular weight is 300 g/mol. The molecule has 0 saturated heterocycles. The van der Waals surface area contributed by atoms with E-state index in [1.807, 2.05) is 20.8 Å². The van der Waals surface area contributed by atoms with Crippen LogP contribution in [0.2, 0.25) is 0 Å². The lowest BCUT2D eigenvalue weighted by Gasteiger charge is -2.31. The number of amides is 1. The van der Waals surface area contributed by atoms with Crippen molar-refractivity contribution in [2.45, 2.75) is 45.6 Å². The summed E-state index contributed by atoms with van der Waals surface area (Å²) in [5, 5.41) is 13.3. The van der Waals surface area contributed by atoms with E-state index in [1.165, 1.54) is 0 Å². The summed E-state index contributed by atoms with van der Waals surface area (Å²) < 4.78 is 27.7. The van der Waals surface area contributed by atoms with Crippen LogP contribution in [-0.4, -0.2) is 16.4 Å². The van der Waals surface area contributed by atoms with Gasteiger partial charge in [-0.1, -0.05) is 20.8 Å². The van der Waals surface area contributed by atoms with Gasteiger partial charge in [0.05, 0.1) is 4.92 Å². The highest BCUT2D eigenvalue weighted by Crippen LogP contribution is 2.25. The molecule has 0 atom stereocenters. The number of nitrogens with one attached hydrogen (secondary N) is 1. The molecule has 1 N–H and O–H groups in total. The molecule has 0 aliphatic carbocycles. The molecular formula is C14H18F2N2O3. The van der Waals surface area contributed by atoms with Crippen molar-refractivity contribution in [2.24, 2.45) is 0 Å². The van der Waals surface area contributed by atoms with Crippen molar-refractivity contribution in [3.05, 3.63) is 39.4 Å². The number of benzene rings is 1. The van der Waals surface area contributed by atoms with Gasteiger partial charge in [-0.2, -0.15) is 4.39 Å². The fourth-order valence-electron chi connectivity index (χ4n) is 2.21. The molecule has 1 rings (SSSR count). The topological polar surface area (TPSA) is 72.2 Å². The second-order valence-corrected chi connectivity index (χ2v) is 4.81. The zero-order chi connectivity index (χ0) is 16.2. The Kier molecular flexibility index (Phi) is 5.34. The highest BCUT2D eigenvalue weighted by Gasteiger charge is 2.31. The Labute approximate surface area is 121 Å². The lowest BCUT2D eigenvalue weighted by molar-refractivity contribution is -0.387. The van der Waals surface area contributed by atoms with Gasteiger partial charge in [0.2, 0.25) is 5.82 Å². The van der Waals surface area contributed by atoms with Crippen LogP contribution in [-0.2, 0) is 0 Å². The molecule has 1 aromatic rings. The van der Waals surface area contributed by atoms with Crippen LogP contribution in [0.4, 0.5) is 14.5 Å². The fraction of sp³-hybridized carbons (Fsp3) is 0.500. The first-order chi connectivity index (χ1) is 9.81. The molecule has 0 aromatic heterocycles. The van der Waals surface area contributed by atoms with Crippen LogP contribution in [0.25, 0.3) is 0 Å². The van der Waals surface area contributed by atoms with E-state index in [0.717, 1.165) is 6.07 Å². The van der Waals surface area contributed by atoms with Crippen molar-refractivity contribution in [3.8, 4) is 0 Å². The monoisotopic (exact) mass is 300 g/mol. The number of hydrogen-bond acceptors (Lipinski definition) is 3. The fourth-order valence-corrected chi connectivity index (χ4v) is 2.21. The molecule has 21 heavy (non-hydrogen) atoms. The number of nitro groups is 1. The first kappa shape index (κ1) is 17.0. The van der Waals surface area contributed by atoms with E-state index in [0.29, 0.717) is 25.3 Å². The van der Waals surface area contributed by atoms with Gasteiger partial charge in [0.15, 0.2) is 0 Å². The third-order valence-electron chi connectivity index (χ3n) is 3.90. The highest BCUT2D eigenvalue weighted by atomic mass is 19.1. The maximum absolute atomic E-state index is 14.0. The van der Waals surface area contributed by atoms with Crippen LogP contribution >= 0.6 is 0 Å². The average Bonchev–Trinajstić information content (AvgIpc) is 2.44. The van der Waals surface area contributed by atoms with Gasteiger partial charge in [0.1, 0.15) is 11.4 Å². The Balaban J connectivity index is 3.25. The second kappa shape index (κ2) is 6.60. The lowest BCUT2D eigenvalue weighted by atomic mass is 9.89. The van der Waals surface area contributed by atoms with E-state index in [9.17, 15) is 23.7 Å². The van der Waals surface area contributed by atoms with Gasteiger partial charge in [-0.05, 0) is 25.3 Å². The molecule has 0 aliphatic heterocycles. The van der Waals surface area contributed by atoms with Gasteiger partial charge in [-0.25, -0.2) is 4.39 Å². The molecule has 0 radical (unpaired) electrons. The van der Waals surface area contributed by atoms with Crippen LogP contribution in [0.5, 0.6) is 0 Å². The first-order valence-electron chi connectivity index (χ1n) is 6.76. The van der Waals surface area contributed by atoms with Gasteiger partial charge in [0.25, 0.3) is 5.91 Å². The molecule has 0 aliphatic rings. The van der Waals surface area contributed by atoms with Gasteiger partial charge < -0.3 is 5.32 Å². The summed E-state index contributed by atoms with van der Waals surface area (Å²) in [6, 6.07) is 1.43. The third-order valence-corrected chi connectivity index (χ3v) is 3.90. The second-order valence-electron chi connectivity index (χ2n) is 4.81. The van der Waals surface area contributed by atoms with E-state index >= 15 is 0 Å². The van der Waals surface area contributed by atoms with E-state index < -0.39 is 39.3 Å². The summed E-state index contributed by atoms with van der Waals surface area (Å²) in [6.07, 6.45) is 1.76. The van der Waals surface area contributed by atoms with E-state index in [4.69, 9.17) is 0 Å². The van der Waals surface area contributed by atoms with E-state index in [1.54, 1.807) is 0 Å². The van der Waals surface area contributed by atoms with Gasteiger partial charge in [-0.3, -0.25) is 14.9 Å². The maximum atomic E-state index is 14.0. The van der Waals surface area contributed by atoms with E-state index in [-0.39, 0.29) is 0 Å². The quantitative estimate of drug-likeness (QED) is 0.644. The normalized spacial score (nSPS) is 11.3. The van der Waals surface area contributed by atoms with Crippen molar-refractivity contribution in [1.82, 2.24) is 5.32 Å². The highest BCUT2D eigenvalue weighted by molar-refractivity contribution is 5.96. The number of rotatable bonds is 6. The van der Waals surface area contributed by atoms with Gasteiger partial charge in [0, 0.05) is 11.6 Å². The standard InChI is InChI=1S/C14H18F2N2O3/c1-4-14(5-2,6-3)17-13(19)11-9(15)7-8-10(12(11)16)18(20)21/h7-8H,4-6H2,1-3H3,(H,17,19). The minimum absolute atomic E-state index is 0.583. The number of halogens is 2. The third kappa shape index (κ3) is 3.34. The Morgan fingerprint density at radius 1 is 1.24 bits per heavy atom. The molecular weight excluding hydrogens is 282 g/mol. The van der Waals surface area contributed by atoms with Crippen LogP contribution in [0.3, 0.4) is 0 Å². The van der Waals surface area contributed by atoms with Crippen LogP contribution in [0.15, 0.2) is 12.1 Å². The lowest BCUT2D eigenvalue weighted by Crippen LogP contribution is -2.47. The molecule has 0 saturated carbocycles. The van der Waals surface area contributed by atoms with Crippen LogP contribution in [0.1, 0.15) is 50.4 Å². The zero-order valence-electron chi connectivity index (χ0n) is 12.2. The Bertz CT molecular complexity index is 549. The number of hydrogen-bond donors (Lipinski definition) is 1. The molecule has 0 unspecified atom stereocenters. The van der Waals surface area contributed by atoms with Crippen molar-refractivity contribution in [3.63, 3.8) is 0 Å². The van der Waals surface area contributed by atoms with Crippen molar-refractivity contribution >= 4 is 11.6 Å². The smallest absolute Gasteiger partial charge is 0.305 e. The summed E-state index contributed by atoms with van der Waals surface area (Å²) in [5.74, 6) is -3.54. The SMILES string of the molecule is CCC(CC)(CC)NC(=O)c1c(F)ccc([N+](=O)[O-])c1F. The molecule has 0 heterocycles. The van der Waals surface area contributed by atoms with E-state index in [2.05, 4.69) is 5.32 Å². The number of nitro benzene ring substituents is 1. The minimum Gasteiger partial charge on any atom is -0.346 e. The first-order valence-corrected chi connectivity index (χ1v) is 6.76. The van der Waals surface area contributed by atoms with Gasteiger partial charge >= 0.3 is 5.69 Å². The summed E-state index contributed by atoms with van der Waals surface area (Å²) >= 11 is 0. The Morgan fingerprint density at radius 2 is 1.76 bits per heavy atom. The zero-order valence-corrected chi connectivity index (χ0v) is 12.2. The molecule has 116 valence electrons. The Hall–Kier alpha value is -2.05. The summed E-state index contributed by atoms with van der Waals surface area (Å²) in [5.41, 5.74) is -2.42. The molecule has 0 fully saturated rings. The predicted octanol–water partition coefficient (Wildman–Crippen LogP) is 3.57. The molecule has 0 spiro atoms. The van der Waals surface area contributed by atoms with Crippen LogP contribution < -0.4 is 5.32 Å². The molecule has 5 nitrogen and oxygen atoms in total. The minimum atomic E-state index is -1.45. The number of carbonyl (C=O) groups excluding carboxylic acids is 1. The van der Waals surface area contributed by atoms with Crippen molar-refractivity contribution < 1.29 is 18.5 Å². The molecule has 1 amide bonds. The summed E-state index contributed by atoms with van der Waals surface area (Å²) in [6.45, 7) is 5.56. The molecule has 0 bridgehead atoms. The Morgan fingerprint density at radius 3 is 2.19 bits per heavy atom. The molecule has 1 aromatic carbocycles. The number of carbonyl (C=O) groups is 1. The number of nitrogens with zero attached hydrogens (tertiary/aromatic N) is 1. The van der Waals surface area contributed by atoms with Crippen molar-refractivity contribution in [2.75, 3.05) is 0 Å².